The van der Waals surface area contributed by atoms with Crippen LogP contribution in [0.4, 0.5) is 14.5 Å². The molecule has 2 saturated heterocycles. The molecule has 1 amide bonds. The average molecular weight is 596 g/mol. The quantitative estimate of drug-likeness (QED) is 0.328. The number of nitrogens with zero attached hydrogens (tertiary/aromatic N) is 9. The van der Waals surface area contributed by atoms with Crippen molar-refractivity contribution in [2.75, 3.05) is 51.2 Å². The highest BCUT2D eigenvalue weighted by Crippen LogP contribution is 2.27. The van der Waals surface area contributed by atoms with Crippen LogP contribution in [-0.4, -0.2) is 108 Å². The van der Waals surface area contributed by atoms with Gasteiger partial charge in [-0.2, -0.15) is 10.2 Å². The normalized spacial score (nSPS) is 18.4. The largest absolute Gasteiger partial charge is 0.388 e. The number of aromatic nitrogens is 6. The Bertz CT molecular complexity index is 1620. The van der Waals surface area contributed by atoms with Gasteiger partial charge in [-0.05, 0) is 44.2 Å². The number of alkyl halides is 2. The molecule has 6 rings (SSSR count). The summed E-state index contributed by atoms with van der Waals surface area (Å²) in [5.41, 5.74) is 0.730. The molecular weight excluding hydrogens is 560 g/mol. The first kappa shape index (κ1) is 28.9. The fraction of sp³-hybridized carbons (Fsp3) is 0.483. The summed E-state index contributed by atoms with van der Waals surface area (Å²) in [6, 6.07) is 8.19. The summed E-state index contributed by atoms with van der Waals surface area (Å²) in [6.45, 7) is 4.21. The standard InChI is InChI=1S/C29H35F2N9O3/c1-35-12-14-36(15-13-35)21-4-2-5-22(16-21)40-27-23(18-34-40)28(42)38(20-32-27)19-29(43)6-10-37(11-7-29)25(41)17-24(26(30)31)39-9-3-8-33-39/h2-5,8-9,16,18,20,24,26,43H,6-7,10-15,17,19H2,1H3. The molecule has 2 aliphatic heterocycles. The Balaban J connectivity index is 1.13. The van der Waals surface area contributed by atoms with Crippen molar-refractivity contribution in [3.8, 4) is 5.69 Å². The van der Waals surface area contributed by atoms with E-state index < -0.39 is 24.0 Å². The molecule has 0 aliphatic carbocycles. The summed E-state index contributed by atoms with van der Waals surface area (Å²) in [6.07, 6.45) is 2.98. The van der Waals surface area contributed by atoms with Gasteiger partial charge in [-0.3, -0.25) is 18.8 Å². The van der Waals surface area contributed by atoms with Gasteiger partial charge in [-0.25, -0.2) is 18.4 Å². The SMILES string of the molecule is CN1CCN(c2cccc(-n3ncc4c(=O)n(CC5(O)CCN(C(=O)CC(C(F)F)n6cccn6)CC5)cnc43)c2)CC1. The van der Waals surface area contributed by atoms with Gasteiger partial charge < -0.3 is 19.8 Å². The van der Waals surface area contributed by atoms with Crippen molar-refractivity contribution in [1.82, 2.24) is 38.9 Å². The molecule has 12 nitrogen and oxygen atoms in total. The van der Waals surface area contributed by atoms with E-state index in [-0.39, 0.29) is 44.5 Å². The summed E-state index contributed by atoms with van der Waals surface area (Å²) >= 11 is 0. The lowest BCUT2D eigenvalue weighted by molar-refractivity contribution is -0.138. The zero-order valence-electron chi connectivity index (χ0n) is 24.0. The van der Waals surface area contributed by atoms with Gasteiger partial charge in [0.25, 0.3) is 12.0 Å². The van der Waals surface area contributed by atoms with Crippen LogP contribution in [0.25, 0.3) is 16.7 Å². The van der Waals surface area contributed by atoms with Crippen LogP contribution in [0.15, 0.2) is 60.0 Å². The number of piperazine rings is 1. The van der Waals surface area contributed by atoms with Crippen molar-refractivity contribution in [2.45, 2.75) is 43.9 Å². The minimum absolute atomic E-state index is 0.00613. The van der Waals surface area contributed by atoms with Gasteiger partial charge >= 0.3 is 0 Å². The maximum absolute atomic E-state index is 13.6. The van der Waals surface area contributed by atoms with Gasteiger partial charge in [0.15, 0.2) is 5.65 Å². The molecule has 3 aromatic heterocycles. The molecule has 2 fully saturated rings. The van der Waals surface area contributed by atoms with E-state index in [1.54, 1.807) is 4.68 Å². The second-order valence-corrected chi connectivity index (χ2v) is 11.5. The van der Waals surface area contributed by atoms with Crippen LogP contribution in [0.1, 0.15) is 25.3 Å². The molecule has 228 valence electrons. The predicted molar refractivity (Wildman–Crippen MR) is 155 cm³/mol. The van der Waals surface area contributed by atoms with Crippen molar-refractivity contribution < 1.29 is 18.7 Å². The fourth-order valence-corrected chi connectivity index (χ4v) is 5.87. The lowest BCUT2D eigenvalue weighted by Crippen LogP contribution is -2.50. The van der Waals surface area contributed by atoms with Crippen molar-refractivity contribution in [1.29, 1.82) is 0 Å². The van der Waals surface area contributed by atoms with Crippen LogP contribution in [-0.2, 0) is 11.3 Å². The third-order valence-corrected chi connectivity index (χ3v) is 8.55. The number of rotatable bonds is 8. The first-order valence-electron chi connectivity index (χ1n) is 14.5. The molecule has 1 atom stereocenters. The molecule has 2 aliphatic rings. The number of likely N-dealkylation sites (tertiary alicyclic amines) is 1. The molecule has 1 unspecified atom stereocenters. The minimum atomic E-state index is -2.75. The van der Waals surface area contributed by atoms with Crippen LogP contribution >= 0.6 is 0 Å². The fourth-order valence-electron chi connectivity index (χ4n) is 5.87. The number of carbonyl (C=O) groups is 1. The monoisotopic (exact) mass is 595 g/mol. The number of piperidine rings is 1. The molecule has 0 radical (unpaired) electrons. The summed E-state index contributed by atoms with van der Waals surface area (Å²) in [7, 11) is 2.11. The van der Waals surface area contributed by atoms with Gasteiger partial charge in [0.05, 0.1) is 30.5 Å². The molecule has 0 bridgehead atoms. The third-order valence-electron chi connectivity index (χ3n) is 8.55. The Hall–Kier alpha value is -4.17. The van der Waals surface area contributed by atoms with Crippen molar-refractivity contribution in [3.63, 3.8) is 0 Å². The molecule has 4 aromatic rings. The highest BCUT2D eigenvalue weighted by Gasteiger charge is 2.36. The highest BCUT2D eigenvalue weighted by atomic mass is 19.3. The Morgan fingerprint density at radius 2 is 1.79 bits per heavy atom. The maximum Gasteiger partial charge on any atom is 0.264 e. The number of aliphatic hydroxyl groups is 1. The molecule has 0 spiro atoms. The van der Waals surface area contributed by atoms with E-state index in [1.807, 2.05) is 18.2 Å². The van der Waals surface area contributed by atoms with E-state index in [0.29, 0.717) is 11.0 Å². The lowest BCUT2D eigenvalue weighted by atomic mass is 9.91. The first-order valence-corrected chi connectivity index (χ1v) is 14.5. The van der Waals surface area contributed by atoms with Crippen molar-refractivity contribution in [2.24, 2.45) is 0 Å². The molecule has 5 heterocycles. The van der Waals surface area contributed by atoms with E-state index in [2.05, 4.69) is 38.1 Å². The Labute approximate surface area is 246 Å². The highest BCUT2D eigenvalue weighted by molar-refractivity contribution is 5.77. The number of carbonyl (C=O) groups excluding carboxylic acids is 1. The number of hydrogen-bond acceptors (Lipinski definition) is 8. The second-order valence-electron chi connectivity index (χ2n) is 11.5. The van der Waals surface area contributed by atoms with Crippen LogP contribution in [0.5, 0.6) is 0 Å². The Morgan fingerprint density at radius 3 is 2.49 bits per heavy atom. The van der Waals surface area contributed by atoms with Gasteiger partial charge in [-0.1, -0.05) is 6.07 Å². The van der Waals surface area contributed by atoms with Gasteiger partial charge in [0.1, 0.15) is 17.8 Å². The molecule has 1 aromatic carbocycles. The summed E-state index contributed by atoms with van der Waals surface area (Å²) < 4.78 is 31.3. The number of halogens is 2. The van der Waals surface area contributed by atoms with E-state index in [4.69, 9.17) is 0 Å². The van der Waals surface area contributed by atoms with Crippen LogP contribution in [0.3, 0.4) is 0 Å². The molecule has 1 N–H and O–H groups in total. The maximum atomic E-state index is 13.6. The Kier molecular flexibility index (Phi) is 7.97. The Morgan fingerprint density at radius 1 is 1.05 bits per heavy atom. The van der Waals surface area contributed by atoms with E-state index in [1.165, 1.54) is 40.5 Å². The number of amides is 1. The molecule has 43 heavy (non-hydrogen) atoms. The van der Waals surface area contributed by atoms with E-state index >= 15 is 0 Å². The van der Waals surface area contributed by atoms with Crippen LogP contribution < -0.4 is 10.5 Å². The zero-order chi connectivity index (χ0) is 30.1. The average Bonchev–Trinajstić information content (AvgIpc) is 3.69. The van der Waals surface area contributed by atoms with Crippen LogP contribution in [0, 0.1) is 0 Å². The van der Waals surface area contributed by atoms with Gasteiger partial charge in [-0.15, -0.1) is 0 Å². The number of anilines is 1. The van der Waals surface area contributed by atoms with Crippen LogP contribution in [0.2, 0.25) is 0 Å². The number of fused-ring (bicyclic) bond motifs is 1. The van der Waals surface area contributed by atoms with Crippen molar-refractivity contribution in [3.05, 3.63) is 65.6 Å². The summed E-state index contributed by atoms with van der Waals surface area (Å²) in [5, 5.41) is 20.0. The zero-order valence-corrected chi connectivity index (χ0v) is 24.0. The number of likely N-dealkylation sites (N-methyl/N-ethyl adjacent to an activating group) is 1. The number of benzene rings is 1. The predicted octanol–water partition coefficient (Wildman–Crippen LogP) is 1.78. The second kappa shape index (κ2) is 11.8. The molecular formula is C29H35F2N9O3. The molecule has 14 heteroatoms. The molecule has 0 saturated carbocycles. The summed E-state index contributed by atoms with van der Waals surface area (Å²) in [5.74, 6) is -0.424. The smallest absolute Gasteiger partial charge is 0.264 e. The van der Waals surface area contributed by atoms with Gasteiger partial charge in [0.2, 0.25) is 5.91 Å². The van der Waals surface area contributed by atoms with E-state index in [0.717, 1.165) is 42.2 Å². The summed E-state index contributed by atoms with van der Waals surface area (Å²) in [4.78, 5) is 36.9. The first-order chi connectivity index (χ1) is 20.7. The van der Waals surface area contributed by atoms with Crippen molar-refractivity contribution >= 4 is 22.6 Å². The lowest BCUT2D eigenvalue weighted by Gasteiger charge is -2.38. The minimum Gasteiger partial charge on any atom is -0.388 e. The third kappa shape index (κ3) is 6.02. The van der Waals surface area contributed by atoms with E-state index in [9.17, 15) is 23.5 Å². The van der Waals surface area contributed by atoms with Gasteiger partial charge in [0, 0.05) is 57.3 Å². The number of hydrogen-bond donors (Lipinski definition) is 1. The topological polar surface area (TPSA) is 118 Å².